The Labute approximate surface area is 193 Å². The second-order valence-electron chi connectivity index (χ2n) is 7.56. The van der Waals surface area contributed by atoms with Crippen molar-refractivity contribution in [2.45, 2.75) is 6.54 Å². The molecule has 0 aliphatic carbocycles. The van der Waals surface area contributed by atoms with Gasteiger partial charge in [-0.3, -0.25) is 4.79 Å². The molecule has 1 aliphatic heterocycles. The molecule has 0 spiro atoms. The number of halogens is 2. The van der Waals surface area contributed by atoms with Gasteiger partial charge in [0.2, 0.25) is 0 Å². The highest BCUT2D eigenvalue weighted by Gasteiger charge is 2.26. The van der Waals surface area contributed by atoms with Gasteiger partial charge in [0.25, 0.3) is 5.91 Å². The molecule has 3 amide bonds. The minimum atomic E-state index is -0.518. The van der Waals surface area contributed by atoms with Crippen molar-refractivity contribution >= 4 is 51.5 Å². The molecule has 2 heterocycles. The van der Waals surface area contributed by atoms with Crippen LogP contribution in [0.4, 0.5) is 26.2 Å². The number of hydrogen-bond acceptors (Lipinski definition) is 3. The van der Waals surface area contributed by atoms with E-state index in [4.69, 9.17) is 16.3 Å². The van der Waals surface area contributed by atoms with Gasteiger partial charge in [0.05, 0.1) is 17.3 Å². The van der Waals surface area contributed by atoms with E-state index >= 15 is 0 Å². The minimum absolute atomic E-state index is 0.00518. The monoisotopic (exact) mass is 464 g/mol. The summed E-state index contributed by atoms with van der Waals surface area (Å²) in [6.45, 7) is 0.0669. The second kappa shape index (κ2) is 8.48. The van der Waals surface area contributed by atoms with E-state index < -0.39 is 11.8 Å². The number of aromatic amines is 1. The van der Waals surface area contributed by atoms with Gasteiger partial charge in [0, 0.05) is 29.2 Å². The molecule has 0 fully saturated rings. The molecule has 3 aromatic carbocycles. The molecule has 4 aromatic rings. The highest BCUT2D eigenvalue weighted by atomic mass is 35.5. The molecule has 0 saturated carbocycles. The molecular formula is C24H18ClFN4O3. The van der Waals surface area contributed by atoms with Gasteiger partial charge in [-0.25, -0.2) is 9.18 Å². The Bertz CT molecular complexity index is 1390. The molecule has 9 heteroatoms. The Morgan fingerprint density at radius 1 is 1.06 bits per heavy atom. The third kappa shape index (κ3) is 4.33. The summed E-state index contributed by atoms with van der Waals surface area (Å²) in [6, 6.07) is 16.5. The highest BCUT2D eigenvalue weighted by molar-refractivity contribution is 6.30. The van der Waals surface area contributed by atoms with Crippen LogP contribution >= 0.6 is 11.6 Å². The Kier molecular flexibility index (Phi) is 5.35. The van der Waals surface area contributed by atoms with Crippen molar-refractivity contribution in [1.82, 2.24) is 4.98 Å². The van der Waals surface area contributed by atoms with E-state index in [9.17, 15) is 14.0 Å². The summed E-state index contributed by atoms with van der Waals surface area (Å²) in [5, 5.41) is 6.61. The average Bonchev–Trinajstić information content (AvgIpc) is 3.26. The van der Waals surface area contributed by atoms with E-state index in [1.54, 1.807) is 24.3 Å². The normalized spacial score (nSPS) is 12.9. The second-order valence-corrected chi connectivity index (χ2v) is 7.97. The number of carbonyl (C=O) groups is 2. The average molecular weight is 465 g/mol. The van der Waals surface area contributed by atoms with Crippen molar-refractivity contribution in [2.75, 3.05) is 22.1 Å². The van der Waals surface area contributed by atoms with Crippen LogP contribution in [0.5, 0.6) is 5.75 Å². The summed E-state index contributed by atoms with van der Waals surface area (Å²) in [7, 11) is 0. The lowest BCUT2D eigenvalue weighted by molar-refractivity contribution is -0.121. The van der Waals surface area contributed by atoms with Crippen molar-refractivity contribution < 1.29 is 18.7 Å². The molecule has 1 aliphatic rings. The van der Waals surface area contributed by atoms with Crippen LogP contribution in [0.3, 0.4) is 0 Å². The number of benzene rings is 3. The number of nitrogens with one attached hydrogen (secondary N) is 3. The molecule has 166 valence electrons. The van der Waals surface area contributed by atoms with E-state index in [1.807, 2.05) is 30.5 Å². The number of H-pyrrole nitrogens is 1. The molecule has 33 heavy (non-hydrogen) atoms. The van der Waals surface area contributed by atoms with Gasteiger partial charge in [0.1, 0.15) is 11.6 Å². The van der Waals surface area contributed by atoms with E-state index in [2.05, 4.69) is 15.6 Å². The largest absolute Gasteiger partial charge is 0.481 e. The van der Waals surface area contributed by atoms with Crippen molar-refractivity contribution in [2.24, 2.45) is 0 Å². The van der Waals surface area contributed by atoms with Gasteiger partial charge in [-0.2, -0.15) is 0 Å². The summed E-state index contributed by atoms with van der Waals surface area (Å²) < 4.78 is 19.0. The maximum Gasteiger partial charge on any atom is 0.323 e. The Morgan fingerprint density at radius 2 is 1.85 bits per heavy atom. The van der Waals surface area contributed by atoms with Crippen molar-refractivity contribution in [3.05, 3.63) is 83.3 Å². The van der Waals surface area contributed by atoms with Crippen molar-refractivity contribution in [3.8, 4) is 5.75 Å². The molecule has 7 nitrogen and oxygen atoms in total. The quantitative estimate of drug-likeness (QED) is 0.371. The van der Waals surface area contributed by atoms with Crippen LogP contribution in [0.15, 0.2) is 66.9 Å². The van der Waals surface area contributed by atoms with Crippen LogP contribution in [0.25, 0.3) is 10.9 Å². The summed E-state index contributed by atoms with van der Waals surface area (Å²) in [4.78, 5) is 29.6. The van der Waals surface area contributed by atoms with E-state index in [1.165, 1.54) is 17.0 Å². The number of urea groups is 1. The van der Waals surface area contributed by atoms with E-state index in [0.29, 0.717) is 28.4 Å². The molecule has 1 aromatic heterocycles. The van der Waals surface area contributed by atoms with Gasteiger partial charge in [-0.1, -0.05) is 23.7 Å². The fourth-order valence-electron chi connectivity index (χ4n) is 3.70. The number of ether oxygens (including phenoxy) is 1. The number of hydrogen-bond donors (Lipinski definition) is 3. The lowest BCUT2D eigenvalue weighted by atomic mass is 10.1. The zero-order valence-corrected chi connectivity index (χ0v) is 17.9. The highest BCUT2D eigenvalue weighted by Crippen LogP contribution is 2.35. The molecule has 0 saturated heterocycles. The van der Waals surface area contributed by atoms with E-state index in [-0.39, 0.29) is 24.1 Å². The predicted octanol–water partition coefficient (Wildman–Crippen LogP) is 5.53. The maximum atomic E-state index is 13.5. The van der Waals surface area contributed by atoms with Gasteiger partial charge in [-0.05, 0) is 53.4 Å². The van der Waals surface area contributed by atoms with Crippen molar-refractivity contribution in [3.63, 3.8) is 0 Å². The van der Waals surface area contributed by atoms with Crippen molar-refractivity contribution in [1.29, 1.82) is 0 Å². The van der Waals surface area contributed by atoms with Gasteiger partial charge >= 0.3 is 6.03 Å². The molecule has 0 radical (unpaired) electrons. The van der Waals surface area contributed by atoms with Gasteiger partial charge < -0.3 is 25.3 Å². The van der Waals surface area contributed by atoms with Crippen LogP contribution in [-0.2, 0) is 11.3 Å². The molecule has 3 N–H and O–H groups in total. The Morgan fingerprint density at radius 3 is 2.67 bits per heavy atom. The molecule has 0 unspecified atom stereocenters. The van der Waals surface area contributed by atoms with Crippen LogP contribution < -0.4 is 20.3 Å². The maximum absolute atomic E-state index is 13.5. The SMILES string of the molecule is O=C(Nc1ccc2c(c1)OCC(=O)N2Cc1ccc(F)c(Cl)c1)Nc1ccc2cc[nH]c2c1. The fraction of sp³-hybridized carbons (Fsp3) is 0.0833. The number of amides is 3. The molecule has 5 rings (SSSR count). The zero-order valence-electron chi connectivity index (χ0n) is 17.2. The van der Waals surface area contributed by atoms with Gasteiger partial charge in [0.15, 0.2) is 6.61 Å². The third-order valence-corrected chi connectivity index (χ3v) is 5.59. The smallest absolute Gasteiger partial charge is 0.323 e. The predicted molar refractivity (Wildman–Crippen MR) is 125 cm³/mol. The summed E-state index contributed by atoms with van der Waals surface area (Å²) in [5.74, 6) is -0.301. The van der Waals surface area contributed by atoms with Crippen LogP contribution in [0, 0.1) is 5.82 Å². The molecule has 0 atom stereocenters. The summed E-state index contributed by atoms with van der Waals surface area (Å²) in [6.07, 6.45) is 1.83. The number of fused-ring (bicyclic) bond motifs is 2. The van der Waals surface area contributed by atoms with Crippen LogP contribution in [0.2, 0.25) is 5.02 Å². The minimum Gasteiger partial charge on any atom is -0.481 e. The van der Waals surface area contributed by atoms with E-state index in [0.717, 1.165) is 10.9 Å². The standard InChI is InChI=1S/C24H18ClFN4O3/c25-18-9-14(1-5-19(18)26)12-30-21-6-4-17(11-22(21)33-13-23(30)31)29-24(32)28-16-3-2-15-7-8-27-20(15)10-16/h1-11,27H,12-13H2,(H2,28,29,32). The number of carbonyl (C=O) groups excluding carboxylic acids is 2. The number of aromatic nitrogens is 1. The number of rotatable bonds is 4. The third-order valence-electron chi connectivity index (χ3n) is 5.30. The number of nitrogens with zero attached hydrogens (tertiary/aromatic N) is 1. The topological polar surface area (TPSA) is 86.5 Å². The summed E-state index contributed by atoms with van der Waals surface area (Å²) >= 11 is 5.87. The lowest BCUT2D eigenvalue weighted by Gasteiger charge is -2.30. The molecular weight excluding hydrogens is 447 g/mol. The first-order valence-corrected chi connectivity index (χ1v) is 10.5. The van der Waals surface area contributed by atoms with Gasteiger partial charge in [-0.15, -0.1) is 0 Å². The Balaban J connectivity index is 1.31. The first-order chi connectivity index (χ1) is 16.0. The van der Waals surface area contributed by atoms with Crippen LogP contribution in [0.1, 0.15) is 5.56 Å². The number of anilines is 3. The summed E-state index contributed by atoms with van der Waals surface area (Å²) in [5.41, 5.74) is 3.30. The lowest BCUT2D eigenvalue weighted by Crippen LogP contribution is -2.38. The zero-order chi connectivity index (χ0) is 22.9. The van der Waals surface area contributed by atoms with Crippen LogP contribution in [-0.4, -0.2) is 23.5 Å². The fourth-order valence-corrected chi connectivity index (χ4v) is 3.90. The first-order valence-electron chi connectivity index (χ1n) is 10.1. The molecule has 0 bridgehead atoms. The Hall–Kier alpha value is -4.04. The first kappa shape index (κ1) is 20.8.